The van der Waals surface area contributed by atoms with Crippen LogP contribution in [0.1, 0.15) is 32.1 Å². The molecule has 6 aromatic rings. The third kappa shape index (κ3) is 4.19. The Hall–Kier alpha value is -3.97. The highest BCUT2D eigenvalue weighted by Crippen LogP contribution is 2.37. The Morgan fingerprint density at radius 2 is 1.78 bits per heavy atom. The lowest BCUT2D eigenvalue weighted by molar-refractivity contribution is 0.154. The maximum atomic E-state index is 13.7. The lowest BCUT2D eigenvalue weighted by Gasteiger charge is -2.23. The molecule has 4 heterocycles. The fourth-order valence-corrected chi connectivity index (χ4v) is 6.14. The van der Waals surface area contributed by atoms with Crippen molar-refractivity contribution in [3.8, 4) is 38.7 Å². The summed E-state index contributed by atoms with van der Waals surface area (Å²) in [5.74, 6) is 0.824. The number of thiophene rings is 1. The van der Waals surface area contributed by atoms with Gasteiger partial charge in [-0.05, 0) is 73.7 Å². The zero-order valence-corrected chi connectivity index (χ0v) is 20.9. The SMILES string of the molecule is Fc1ccc(-c2cccc3[nH]c(-c4n[nH]c5ccc(-c6cncc(OC7CCCCC7)c6)cc45)cc23)s1. The zero-order valence-electron chi connectivity index (χ0n) is 20.1. The minimum Gasteiger partial charge on any atom is -0.489 e. The van der Waals surface area contributed by atoms with Crippen LogP contribution in [0.2, 0.25) is 0 Å². The second-order valence-electron chi connectivity index (χ2n) is 9.67. The highest BCUT2D eigenvalue weighted by Gasteiger charge is 2.17. The monoisotopic (exact) mass is 508 g/mol. The minimum absolute atomic E-state index is 0.184. The Bertz CT molecular complexity index is 1730. The van der Waals surface area contributed by atoms with Gasteiger partial charge in [0.25, 0.3) is 0 Å². The summed E-state index contributed by atoms with van der Waals surface area (Å²) >= 11 is 1.16. The predicted molar refractivity (Wildman–Crippen MR) is 147 cm³/mol. The minimum atomic E-state index is -0.184. The molecule has 0 radical (unpaired) electrons. The zero-order chi connectivity index (χ0) is 24.8. The van der Waals surface area contributed by atoms with Crippen molar-refractivity contribution in [2.75, 3.05) is 0 Å². The maximum absolute atomic E-state index is 13.7. The molecule has 2 aromatic carbocycles. The van der Waals surface area contributed by atoms with Crippen LogP contribution >= 0.6 is 11.3 Å². The van der Waals surface area contributed by atoms with Crippen molar-refractivity contribution in [1.82, 2.24) is 20.2 Å². The Kier molecular flexibility index (Phi) is 5.51. The smallest absolute Gasteiger partial charge is 0.176 e. The summed E-state index contributed by atoms with van der Waals surface area (Å²) in [6.45, 7) is 0. The quantitative estimate of drug-likeness (QED) is 0.246. The molecule has 1 aliphatic rings. The number of fused-ring (bicyclic) bond motifs is 2. The number of benzene rings is 2. The van der Waals surface area contributed by atoms with Crippen LogP contribution in [0.5, 0.6) is 5.75 Å². The van der Waals surface area contributed by atoms with Gasteiger partial charge < -0.3 is 9.72 Å². The van der Waals surface area contributed by atoms with Gasteiger partial charge in [-0.3, -0.25) is 10.1 Å². The Labute approximate surface area is 217 Å². The molecule has 0 spiro atoms. The van der Waals surface area contributed by atoms with E-state index in [1.807, 2.05) is 30.5 Å². The van der Waals surface area contributed by atoms with Crippen LogP contribution in [0, 0.1) is 5.13 Å². The second-order valence-corrected chi connectivity index (χ2v) is 10.7. The largest absolute Gasteiger partial charge is 0.489 e. The van der Waals surface area contributed by atoms with Crippen molar-refractivity contribution < 1.29 is 9.13 Å². The molecule has 0 bridgehead atoms. The van der Waals surface area contributed by atoms with E-state index >= 15 is 0 Å². The molecular weight excluding hydrogens is 483 g/mol. The van der Waals surface area contributed by atoms with E-state index in [1.165, 1.54) is 25.3 Å². The predicted octanol–water partition coefficient (Wildman–Crippen LogP) is 8.35. The summed E-state index contributed by atoms with van der Waals surface area (Å²) in [5.41, 5.74) is 6.79. The van der Waals surface area contributed by atoms with E-state index in [9.17, 15) is 4.39 Å². The van der Waals surface area contributed by atoms with Crippen LogP contribution in [-0.4, -0.2) is 26.3 Å². The standard InChI is InChI=1S/C30H25FN4OS/c31-29-12-11-28(37-29)22-7-4-8-25-23(22)15-27(33-25)30-24-14-18(9-10-26(24)34-35-30)19-13-21(17-32-16-19)36-20-5-2-1-3-6-20/h4,7-17,20,33H,1-3,5-6H2,(H,34,35). The van der Waals surface area contributed by atoms with E-state index < -0.39 is 0 Å². The third-order valence-corrected chi connectivity index (χ3v) is 8.13. The van der Waals surface area contributed by atoms with E-state index in [-0.39, 0.29) is 11.2 Å². The number of H-pyrrole nitrogens is 2. The van der Waals surface area contributed by atoms with Crippen LogP contribution in [-0.2, 0) is 0 Å². The van der Waals surface area contributed by atoms with E-state index in [4.69, 9.17) is 4.74 Å². The fraction of sp³-hybridized carbons (Fsp3) is 0.200. The number of hydrogen-bond donors (Lipinski definition) is 2. The highest BCUT2D eigenvalue weighted by atomic mass is 32.1. The number of hydrogen-bond acceptors (Lipinski definition) is 4. The van der Waals surface area contributed by atoms with Crippen molar-refractivity contribution in [1.29, 1.82) is 0 Å². The summed E-state index contributed by atoms with van der Waals surface area (Å²) in [5, 5.41) is 9.69. The normalized spacial score (nSPS) is 14.5. The Morgan fingerprint density at radius 3 is 2.65 bits per heavy atom. The number of pyridine rings is 1. The highest BCUT2D eigenvalue weighted by molar-refractivity contribution is 7.14. The molecule has 5 nitrogen and oxygen atoms in total. The van der Waals surface area contributed by atoms with Crippen LogP contribution in [0.3, 0.4) is 0 Å². The summed E-state index contributed by atoms with van der Waals surface area (Å²) in [4.78, 5) is 8.89. The van der Waals surface area contributed by atoms with E-state index in [1.54, 1.807) is 6.20 Å². The van der Waals surface area contributed by atoms with Crippen molar-refractivity contribution >= 4 is 33.1 Å². The Balaban J connectivity index is 1.26. The van der Waals surface area contributed by atoms with Crippen LogP contribution in [0.4, 0.5) is 4.39 Å². The summed E-state index contributed by atoms with van der Waals surface area (Å²) in [6.07, 6.45) is 9.96. The van der Waals surface area contributed by atoms with Crippen LogP contribution in [0.25, 0.3) is 54.8 Å². The van der Waals surface area contributed by atoms with E-state index in [0.29, 0.717) is 0 Å². The van der Waals surface area contributed by atoms with Gasteiger partial charge in [-0.25, -0.2) is 0 Å². The molecule has 0 unspecified atom stereocenters. The summed E-state index contributed by atoms with van der Waals surface area (Å²) in [6, 6.07) is 19.9. The van der Waals surface area contributed by atoms with Gasteiger partial charge in [0.15, 0.2) is 5.13 Å². The number of nitrogens with zero attached hydrogens (tertiary/aromatic N) is 2. The topological polar surface area (TPSA) is 66.6 Å². The average molecular weight is 509 g/mol. The average Bonchev–Trinajstić information content (AvgIpc) is 3.66. The van der Waals surface area contributed by atoms with Gasteiger partial charge in [-0.1, -0.05) is 24.6 Å². The Morgan fingerprint density at radius 1 is 0.865 bits per heavy atom. The fourth-order valence-electron chi connectivity index (χ4n) is 5.37. The van der Waals surface area contributed by atoms with Gasteiger partial charge in [-0.2, -0.15) is 9.49 Å². The number of nitrogens with one attached hydrogen (secondary N) is 2. The number of ether oxygens (including phenoxy) is 1. The van der Waals surface area contributed by atoms with Gasteiger partial charge in [0.2, 0.25) is 0 Å². The van der Waals surface area contributed by atoms with E-state index in [2.05, 4.69) is 50.5 Å². The van der Waals surface area contributed by atoms with Gasteiger partial charge in [0.05, 0.1) is 23.5 Å². The van der Waals surface area contributed by atoms with Gasteiger partial charge in [-0.15, -0.1) is 11.3 Å². The molecule has 2 N–H and O–H groups in total. The molecule has 1 saturated carbocycles. The van der Waals surface area contributed by atoms with Gasteiger partial charge >= 0.3 is 0 Å². The maximum Gasteiger partial charge on any atom is 0.176 e. The van der Waals surface area contributed by atoms with Crippen LogP contribution < -0.4 is 4.74 Å². The van der Waals surface area contributed by atoms with Gasteiger partial charge in [0, 0.05) is 38.5 Å². The van der Waals surface area contributed by atoms with Crippen molar-refractivity contribution in [3.63, 3.8) is 0 Å². The molecule has 1 aliphatic carbocycles. The lowest BCUT2D eigenvalue weighted by atomic mass is 9.98. The first-order valence-corrected chi connectivity index (χ1v) is 13.5. The lowest BCUT2D eigenvalue weighted by Crippen LogP contribution is -2.19. The number of halogens is 1. The van der Waals surface area contributed by atoms with Crippen molar-refractivity contribution in [2.24, 2.45) is 0 Å². The number of rotatable bonds is 5. The van der Waals surface area contributed by atoms with Crippen molar-refractivity contribution in [2.45, 2.75) is 38.2 Å². The molecule has 37 heavy (non-hydrogen) atoms. The number of aromatic amines is 2. The molecule has 0 amide bonds. The van der Waals surface area contributed by atoms with Crippen molar-refractivity contribution in [3.05, 3.63) is 78.2 Å². The first-order valence-electron chi connectivity index (χ1n) is 12.7. The molecule has 0 aliphatic heterocycles. The summed E-state index contributed by atoms with van der Waals surface area (Å²) < 4.78 is 20.0. The molecule has 7 heteroatoms. The molecule has 0 atom stereocenters. The molecule has 7 rings (SSSR count). The molecule has 1 fully saturated rings. The van der Waals surface area contributed by atoms with Gasteiger partial charge in [0.1, 0.15) is 11.4 Å². The number of aromatic nitrogens is 4. The van der Waals surface area contributed by atoms with E-state index in [0.717, 1.165) is 84.7 Å². The summed E-state index contributed by atoms with van der Waals surface area (Å²) in [7, 11) is 0. The molecule has 4 aromatic heterocycles. The second kappa shape index (κ2) is 9.16. The first kappa shape index (κ1) is 22.2. The molecule has 184 valence electrons. The molecular formula is C30H25FN4OS. The van der Waals surface area contributed by atoms with Crippen LogP contribution in [0.15, 0.2) is 73.1 Å². The molecule has 0 saturated heterocycles. The first-order chi connectivity index (χ1) is 18.2. The third-order valence-electron chi connectivity index (χ3n) is 7.22.